The predicted octanol–water partition coefficient (Wildman–Crippen LogP) is 3.34. The molecule has 0 saturated carbocycles. The van der Waals surface area contributed by atoms with Crippen molar-refractivity contribution in [1.82, 2.24) is 19.2 Å². The summed E-state index contributed by atoms with van der Waals surface area (Å²) in [6.07, 6.45) is 3.49. The number of hydrogen-bond acceptors (Lipinski definition) is 6. The molecule has 0 aliphatic carbocycles. The Hall–Kier alpha value is -2.29. The Kier molecular flexibility index (Phi) is 5.42. The van der Waals surface area contributed by atoms with Crippen LogP contribution in [0.2, 0.25) is 0 Å². The molecule has 0 radical (unpaired) electrons. The Morgan fingerprint density at radius 3 is 2.47 bits per heavy atom. The number of sulfonamides is 1. The summed E-state index contributed by atoms with van der Waals surface area (Å²) in [5.74, 6) is 1.53. The maximum atomic E-state index is 13.3. The van der Waals surface area contributed by atoms with Gasteiger partial charge in [-0.25, -0.2) is 13.4 Å². The molecular formula is C22H28N4O3S. The zero-order valence-corrected chi connectivity index (χ0v) is 18.7. The molecule has 160 valence electrons. The molecule has 8 heteroatoms. The first-order valence-electron chi connectivity index (χ1n) is 10.2. The van der Waals surface area contributed by atoms with E-state index in [4.69, 9.17) is 4.42 Å². The second kappa shape index (κ2) is 7.76. The quantitative estimate of drug-likeness (QED) is 0.634. The summed E-state index contributed by atoms with van der Waals surface area (Å²) in [6, 6.07) is 7.28. The summed E-state index contributed by atoms with van der Waals surface area (Å²) in [6.45, 7) is 10.9. The average Bonchev–Trinajstić information content (AvgIpc) is 3.17. The van der Waals surface area contributed by atoms with Gasteiger partial charge in [0.15, 0.2) is 0 Å². The van der Waals surface area contributed by atoms with Crippen molar-refractivity contribution in [3.63, 3.8) is 0 Å². The van der Waals surface area contributed by atoms with E-state index < -0.39 is 10.0 Å². The summed E-state index contributed by atoms with van der Waals surface area (Å²) >= 11 is 0. The molecule has 0 amide bonds. The van der Waals surface area contributed by atoms with Crippen molar-refractivity contribution in [2.24, 2.45) is 0 Å². The molecular weight excluding hydrogens is 400 g/mol. The number of benzene rings is 1. The number of piperazine rings is 1. The monoisotopic (exact) mass is 428 g/mol. The average molecular weight is 429 g/mol. The summed E-state index contributed by atoms with van der Waals surface area (Å²) in [5, 5.41) is 0.841. The van der Waals surface area contributed by atoms with E-state index >= 15 is 0 Å². The Morgan fingerprint density at radius 1 is 1.07 bits per heavy atom. The predicted molar refractivity (Wildman–Crippen MR) is 116 cm³/mol. The molecule has 1 aliphatic rings. The molecule has 0 bridgehead atoms. The number of rotatable bonds is 4. The van der Waals surface area contributed by atoms with E-state index in [0.29, 0.717) is 44.1 Å². The zero-order chi connectivity index (χ0) is 21.5. The van der Waals surface area contributed by atoms with Crippen molar-refractivity contribution in [3.8, 4) is 0 Å². The van der Waals surface area contributed by atoms with Crippen LogP contribution in [0.4, 0.5) is 0 Å². The van der Waals surface area contributed by atoms with Gasteiger partial charge in [-0.2, -0.15) is 4.31 Å². The van der Waals surface area contributed by atoms with Gasteiger partial charge in [-0.3, -0.25) is 9.88 Å². The first-order chi connectivity index (χ1) is 14.1. The third-order valence-electron chi connectivity index (χ3n) is 5.41. The van der Waals surface area contributed by atoms with Crippen molar-refractivity contribution >= 4 is 20.9 Å². The minimum Gasteiger partial charge on any atom is -0.444 e. The lowest BCUT2D eigenvalue weighted by Gasteiger charge is -2.33. The van der Waals surface area contributed by atoms with Crippen molar-refractivity contribution in [2.45, 2.75) is 44.6 Å². The fraction of sp³-hybridized carbons (Fsp3) is 0.455. The molecule has 1 aliphatic heterocycles. The standard InChI is InChI=1S/C22H28N4O3S/c1-16-12-17-6-5-7-18(21(17)24-13-16)30(27,28)26-10-8-25(9-11-26)15-20-23-14-19(29-20)22(2,3)4/h5-7,12-14H,8-11,15H2,1-4H3. The SMILES string of the molecule is Cc1cnc2c(S(=O)(=O)N3CCN(Cc4ncc(C(C)(C)C)o4)CC3)cccc2c1. The van der Waals surface area contributed by atoms with Crippen LogP contribution in [0, 0.1) is 6.92 Å². The van der Waals surface area contributed by atoms with Crippen LogP contribution in [-0.4, -0.2) is 53.8 Å². The maximum Gasteiger partial charge on any atom is 0.245 e. The largest absolute Gasteiger partial charge is 0.444 e. The number of fused-ring (bicyclic) bond motifs is 1. The van der Waals surface area contributed by atoms with Crippen molar-refractivity contribution in [2.75, 3.05) is 26.2 Å². The molecule has 3 aromatic rings. The van der Waals surface area contributed by atoms with Gasteiger partial charge in [-0.15, -0.1) is 0 Å². The second-order valence-corrected chi connectivity index (χ2v) is 10.8. The Bertz CT molecular complexity index is 1160. The van der Waals surface area contributed by atoms with Gasteiger partial charge in [-0.1, -0.05) is 32.9 Å². The minimum atomic E-state index is -3.61. The zero-order valence-electron chi connectivity index (χ0n) is 17.9. The highest BCUT2D eigenvalue weighted by Gasteiger charge is 2.31. The van der Waals surface area contributed by atoms with Gasteiger partial charge in [-0.05, 0) is 24.6 Å². The fourth-order valence-corrected chi connectivity index (χ4v) is 5.23. The number of nitrogens with zero attached hydrogens (tertiary/aromatic N) is 4. The van der Waals surface area contributed by atoms with E-state index in [1.807, 2.05) is 19.1 Å². The van der Waals surface area contributed by atoms with Crippen LogP contribution in [-0.2, 0) is 22.0 Å². The molecule has 1 saturated heterocycles. The number of pyridine rings is 1. The van der Waals surface area contributed by atoms with E-state index in [0.717, 1.165) is 16.7 Å². The first-order valence-corrected chi connectivity index (χ1v) is 11.6. The minimum absolute atomic E-state index is 0.0803. The van der Waals surface area contributed by atoms with Gasteiger partial charge in [0.05, 0.1) is 18.3 Å². The summed E-state index contributed by atoms with van der Waals surface area (Å²) in [7, 11) is -3.61. The number of hydrogen-bond donors (Lipinski definition) is 0. The number of oxazole rings is 1. The van der Waals surface area contributed by atoms with Crippen LogP contribution in [0.5, 0.6) is 0 Å². The second-order valence-electron chi connectivity index (χ2n) is 8.89. The van der Waals surface area contributed by atoms with E-state index in [1.165, 1.54) is 0 Å². The van der Waals surface area contributed by atoms with Gasteiger partial charge < -0.3 is 4.42 Å². The van der Waals surface area contributed by atoms with E-state index in [2.05, 4.69) is 35.6 Å². The van der Waals surface area contributed by atoms with Crippen LogP contribution in [0.3, 0.4) is 0 Å². The molecule has 4 rings (SSSR count). The highest BCUT2D eigenvalue weighted by Crippen LogP contribution is 2.26. The highest BCUT2D eigenvalue weighted by molar-refractivity contribution is 7.89. The van der Waals surface area contributed by atoms with Crippen molar-refractivity contribution < 1.29 is 12.8 Å². The first kappa shape index (κ1) is 21.0. The smallest absolute Gasteiger partial charge is 0.245 e. The molecule has 1 aromatic carbocycles. The van der Waals surface area contributed by atoms with Crippen LogP contribution < -0.4 is 0 Å². The van der Waals surface area contributed by atoms with Gasteiger partial charge in [0.25, 0.3) is 0 Å². The molecule has 1 fully saturated rings. The lowest BCUT2D eigenvalue weighted by Crippen LogP contribution is -2.48. The molecule has 0 atom stereocenters. The normalized spacial score (nSPS) is 16.9. The van der Waals surface area contributed by atoms with Crippen LogP contribution in [0.1, 0.15) is 38.0 Å². The summed E-state index contributed by atoms with van der Waals surface area (Å²) in [4.78, 5) is 11.2. The topological polar surface area (TPSA) is 79.5 Å². The van der Waals surface area contributed by atoms with Crippen molar-refractivity contribution in [3.05, 3.63) is 53.9 Å². The van der Waals surface area contributed by atoms with Crippen molar-refractivity contribution in [1.29, 1.82) is 0 Å². The van der Waals surface area contributed by atoms with E-state index in [1.54, 1.807) is 28.8 Å². The Labute approximate surface area is 177 Å². The number of aromatic nitrogens is 2. The summed E-state index contributed by atoms with van der Waals surface area (Å²) in [5.41, 5.74) is 1.45. The Morgan fingerprint density at radius 2 is 1.80 bits per heavy atom. The molecule has 30 heavy (non-hydrogen) atoms. The molecule has 2 aromatic heterocycles. The molecule has 3 heterocycles. The van der Waals surface area contributed by atoms with Crippen LogP contribution in [0.25, 0.3) is 10.9 Å². The lowest BCUT2D eigenvalue weighted by molar-refractivity contribution is 0.166. The molecule has 7 nitrogen and oxygen atoms in total. The highest BCUT2D eigenvalue weighted by atomic mass is 32.2. The van der Waals surface area contributed by atoms with E-state index in [9.17, 15) is 8.42 Å². The molecule has 0 unspecified atom stereocenters. The summed E-state index contributed by atoms with van der Waals surface area (Å²) < 4.78 is 34.0. The third-order valence-corrected chi connectivity index (χ3v) is 7.34. The fourth-order valence-electron chi connectivity index (χ4n) is 3.64. The lowest BCUT2D eigenvalue weighted by atomic mass is 9.94. The maximum absolute atomic E-state index is 13.3. The Balaban J connectivity index is 1.47. The van der Waals surface area contributed by atoms with Gasteiger partial charge in [0.1, 0.15) is 10.7 Å². The third kappa shape index (κ3) is 4.12. The molecule has 0 N–H and O–H groups in total. The molecule has 0 spiro atoms. The van der Waals surface area contributed by atoms with Gasteiger partial charge >= 0.3 is 0 Å². The van der Waals surface area contributed by atoms with Gasteiger partial charge in [0.2, 0.25) is 15.9 Å². The number of aryl methyl sites for hydroxylation is 1. The van der Waals surface area contributed by atoms with Gasteiger partial charge in [0, 0.05) is 43.2 Å². The van der Waals surface area contributed by atoms with E-state index in [-0.39, 0.29) is 10.3 Å². The van der Waals surface area contributed by atoms with Crippen LogP contribution >= 0.6 is 0 Å². The van der Waals surface area contributed by atoms with Crippen LogP contribution in [0.15, 0.2) is 46.0 Å². The number of para-hydroxylation sites is 1.